The molecular formula is C16H22N2O. The van der Waals surface area contributed by atoms with Crippen LogP contribution in [0.3, 0.4) is 0 Å². The predicted octanol–water partition coefficient (Wildman–Crippen LogP) is 3.63. The molecule has 1 heterocycles. The normalized spacial score (nSPS) is 11.1. The molecule has 0 unspecified atom stereocenters. The second-order valence-electron chi connectivity index (χ2n) is 5.11. The Morgan fingerprint density at radius 1 is 1.26 bits per heavy atom. The third-order valence-electron chi connectivity index (χ3n) is 3.65. The number of amides is 1. The van der Waals surface area contributed by atoms with E-state index in [0.717, 1.165) is 23.9 Å². The van der Waals surface area contributed by atoms with E-state index in [2.05, 4.69) is 30.5 Å². The van der Waals surface area contributed by atoms with E-state index in [9.17, 15) is 4.79 Å². The van der Waals surface area contributed by atoms with Gasteiger partial charge in [-0.05, 0) is 31.0 Å². The molecule has 0 aliphatic rings. The summed E-state index contributed by atoms with van der Waals surface area (Å²) in [6, 6.07) is 8.08. The van der Waals surface area contributed by atoms with Crippen molar-refractivity contribution in [1.82, 2.24) is 4.57 Å². The molecule has 0 saturated heterocycles. The number of nitrogens with two attached hydrogens (primary N) is 1. The van der Waals surface area contributed by atoms with Gasteiger partial charge in [-0.25, -0.2) is 0 Å². The molecule has 3 heteroatoms. The molecule has 1 aromatic heterocycles. The van der Waals surface area contributed by atoms with Crippen molar-refractivity contribution >= 4 is 16.8 Å². The molecule has 19 heavy (non-hydrogen) atoms. The van der Waals surface area contributed by atoms with Crippen LogP contribution < -0.4 is 5.73 Å². The van der Waals surface area contributed by atoms with Crippen molar-refractivity contribution in [1.29, 1.82) is 0 Å². The van der Waals surface area contributed by atoms with Crippen molar-refractivity contribution in [2.24, 2.45) is 5.73 Å². The molecule has 0 spiro atoms. The standard InChI is InChI=1S/C16H22N2O/c1-3-4-5-6-10-18-14-9-7-8-12(2)13(14)11-15(18)16(17)19/h7-9,11H,3-6,10H2,1-2H3,(H2,17,19). The Kier molecular flexibility index (Phi) is 4.25. The van der Waals surface area contributed by atoms with Crippen LogP contribution in [0.25, 0.3) is 10.9 Å². The summed E-state index contributed by atoms with van der Waals surface area (Å²) in [7, 11) is 0. The molecule has 3 nitrogen and oxygen atoms in total. The number of unbranched alkanes of at least 4 members (excludes halogenated alkanes) is 3. The maximum atomic E-state index is 11.6. The Hall–Kier alpha value is -1.77. The first-order valence-corrected chi connectivity index (χ1v) is 7.03. The van der Waals surface area contributed by atoms with Gasteiger partial charge in [0.25, 0.3) is 5.91 Å². The second kappa shape index (κ2) is 5.91. The molecule has 0 saturated carbocycles. The van der Waals surface area contributed by atoms with Crippen molar-refractivity contribution in [3.8, 4) is 0 Å². The van der Waals surface area contributed by atoms with Gasteiger partial charge in [-0.15, -0.1) is 0 Å². The SMILES string of the molecule is CCCCCCn1c(C(N)=O)cc2c(C)cccc21. The fourth-order valence-corrected chi connectivity index (χ4v) is 2.57. The molecule has 0 aliphatic carbocycles. The van der Waals surface area contributed by atoms with Gasteiger partial charge in [-0.1, -0.05) is 38.3 Å². The molecule has 0 atom stereocenters. The zero-order valence-electron chi connectivity index (χ0n) is 11.8. The zero-order chi connectivity index (χ0) is 13.8. The van der Waals surface area contributed by atoms with E-state index in [-0.39, 0.29) is 5.91 Å². The number of nitrogens with zero attached hydrogens (tertiary/aromatic N) is 1. The van der Waals surface area contributed by atoms with E-state index in [1.807, 2.05) is 12.1 Å². The molecule has 102 valence electrons. The van der Waals surface area contributed by atoms with Crippen molar-refractivity contribution < 1.29 is 4.79 Å². The summed E-state index contributed by atoms with van der Waals surface area (Å²) in [5.74, 6) is -0.342. The van der Waals surface area contributed by atoms with Gasteiger partial charge >= 0.3 is 0 Å². The highest BCUT2D eigenvalue weighted by molar-refractivity contribution is 5.98. The topological polar surface area (TPSA) is 48.0 Å². The number of hydrogen-bond acceptors (Lipinski definition) is 1. The lowest BCUT2D eigenvalue weighted by molar-refractivity contribution is 0.0991. The van der Waals surface area contributed by atoms with Crippen LogP contribution in [0.15, 0.2) is 24.3 Å². The molecule has 0 aliphatic heterocycles. The quantitative estimate of drug-likeness (QED) is 0.790. The summed E-state index contributed by atoms with van der Waals surface area (Å²) in [6.45, 7) is 5.13. The third-order valence-corrected chi connectivity index (χ3v) is 3.65. The van der Waals surface area contributed by atoms with Crippen LogP contribution in [0.4, 0.5) is 0 Å². The second-order valence-corrected chi connectivity index (χ2v) is 5.11. The summed E-state index contributed by atoms with van der Waals surface area (Å²) in [5.41, 5.74) is 8.43. The number of carbonyl (C=O) groups is 1. The number of primary amides is 1. The molecule has 0 fully saturated rings. The monoisotopic (exact) mass is 258 g/mol. The van der Waals surface area contributed by atoms with E-state index in [1.165, 1.54) is 24.8 Å². The first-order valence-electron chi connectivity index (χ1n) is 7.03. The number of hydrogen-bond donors (Lipinski definition) is 1. The van der Waals surface area contributed by atoms with Gasteiger partial charge in [0.1, 0.15) is 5.69 Å². The van der Waals surface area contributed by atoms with Crippen molar-refractivity contribution in [3.05, 3.63) is 35.5 Å². The average molecular weight is 258 g/mol. The number of aromatic nitrogens is 1. The van der Waals surface area contributed by atoms with Crippen LogP contribution in [0.5, 0.6) is 0 Å². The summed E-state index contributed by atoms with van der Waals surface area (Å²) < 4.78 is 2.07. The van der Waals surface area contributed by atoms with Crippen LogP contribution in [0.1, 0.15) is 48.7 Å². The first kappa shape index (κ1) is 13.7. The molecule has 1 aromatic carbocycles. The van der Waals surface area contributed by atoms with E-state index in [1.54, 1.807) is 0 Å². The lowest BCUT2D eigenvalue weighted by Gasteiger charge is -2.08. The lowest BCUT2D eigenvalue weighted by atomic mass is 10.1. The van der Waals surface area contributed by atoms with Crippen LogP contribution in [-0.4, -0.2) is 10.5 Å². The minimum absolute atomic E-state index is 0.342. The highest BCUT2D eigenvalue weighted by Gasteiger charge is 2.13. The summed E-state index contributed by atoms with van der Waals surface area (Å²) in [4.78, 5) is 11.6. The molecule has 1 amide bonds. The summed E-state index contributed by atoms with van der Waals surface area (Å²) in [5, 5.41) is 1.13. The Morgan fingerprint density at radius 2 is 2.05 bits per heavy atom. The smallest absolute Gasteiger partial charge is 0.265 e. The van der Waals surface area contributed by atoms with Gasteiger partial charge in [0, 0.05) is 17.4 Å². The van der Waals surface area contributed by atoms with E-state index < -0.39 is 0 Å². The number of carbonyl (C=O) groups excluding carboxylic acids is 1. The van der Waals surface area contributed by atoms with Gasteiger partial charge < -0.3 is 10.3 Å². The van der Waals surface area contributed by atoms with Gasteiger partial charge in [0.15, 0.2) is 0 Å². The molecule has 2 rings (SSSR count). The highest BCUT2D eigenvalue weighted by atomic mass is 16.1. The van der Waals surface area contributed by atoms with Crippen LogP contribution in [-0.2, 0) is 6.54 Å². The minimum Gasteiger partial charge on any atom is -0.364 e. The van der Waals surface area contributed by atoms with Gasteiger partial charge in [-0.3, -0.25) is 4.79 Å². The third kappa shape index (κ3) is 2.80. The predicted molar refractivity (Wildman–Crippen MR) is 79.3 cm³/mol. The Balaban J connectivity index is 2.36. The molecule has 0 bridgehead atoms. The Labute approximate surface area is 114 Å². The van der Waals surface area contributed by atoms with E-state index in [0.29, 0.717) is 5.69 Å². The first-order chi connectivity index (χ1) is 9.15. The van der Waals surface area contributed by atoms with Crippen LogP contribution in [0, 0.1) is 6.92 Å². The Morgan fingerprint density at radius 3 is 2.74 bits per heavy atom. The maximum Gasteiger partial charge on any atom is 0.265 e. The van der Waals surface area contributed by atoms with Crippen LogP contribution >= 0.6 is 0 Å². The number of rotatable bonds is 6. The average Bonchev–Trinajstić information content (AvgIpc) is 2.75. The largest absolute Gasteiger partial charge is 0.364 e. The summed E-state index contributed by atoms with van der Waals surface area (Å²) in [6.07, 6.45) is 4.74. The molecule has 2 N–H and O–H groups in total. The van der Waals surface area contributed by atoms with Gasteiger partial charge in [0.2, 0.25) is 0 Å². The Bertz CT molecular complexity index is 584. The number of benzene rings is 1. The molecule has 0 radical (unpaired) electrons. The van der Waals surface area contributed by atoms with Crippen molar-refractivity contribution in [2.75, 3.05) is 0 Å². The minimum atomic E-state index is -0.342. The highest BCUT2D eigenvalue weighted by Crippen LogP contribution is 2.23. The van der Waals surface area contributed by atoms with Crippen molar-refractivity contribution in [2.45, 2.75) is 46.1 Å². The van der Waals surface area contributed by atoms with Gasteiger partial charge in [0.05, 0.1) is 0 Å². The molecule has 2 aromatic rings. The fourth-order valence-electron chi connectivity index (χ4n) is 2.57. The van der Waals surface area contributed by atoms with E-state index >= 15 is 0 Å². The van der Waals surface area contributed by atoms with Crippen LogP contribution in [0.2, 0.25) is 0 Å². The van der Waals surface area contributed by atoms with E-state index in [4.69, 9.17) is 5.73 Å². The lowest BCUT2D eigenvalue weighted by Crippen LogP contribution is -2.16. The van der Waals surface area contributed by atoms with Crippen molar-refractivity contribution in [3.63, 3.8) is 0 Å². The maximum absolute atomic E-state index is 11.6. The number of fused-ring (bicyclic) bond motifs is 1. The number of aryl methyl sites for hydroxylation is 2. The zero-order valence-corrected chi connectivity index (χ0v) is 11.8. The summed E-state index contributed by atoms with van der Waals surface area (Å²) >= 11 is 0. The molecular weight excluding hydrogens is 236 g/mol. The van der Waals surface area contributed by atoms with Gasteiger partial charge in [-0.2, -0.15) is 0 Å². The fraction of sp³-hybridized carbons (Fsp3) is 0.438.